The normalized spacial score (nSPS) is 48.9. The maximum Gasteiger partial charge on any atom is 0.146 e. The molecule has 0 N–H and O–H groups in total. The Morgan fingerprint density at radius 3 is 2.81 bits per heavy atom. The van der Waals surface area contributed by atoms with Gasteiger partial charge in [-0.3, -0.25) is 4.79 Å². The van der Waals surface area contributed by atoms with Crippen LogP contribution in [0.15, 0.2) is 11.6 Å². The van der Waals surface area contributed by atoms with Crippen LogP contribution >= 0.6 is 0 Å². The minimum Gasteiger partial charge on any atom is -0.302 e. The van der Waals surface area contributed by atoms with Crippen LogP contribution in [0.1, 0.15) is 64.7 Å². The minimum atomic E-state index is -0.590. The summed E-state index contributed by atoms with van der Waals surface area (Å²) < 4.78 is 0. The van der Waals surface area contributed by atoms with E-state index < -0.39 is 5.41 Å². The van der Waals surface area contributed by atoms with Gasteiger partial charge >= 0.3 is 0 Å². The molecule has 0 saturated heterocycles. The smallest absolute Gasteiger partial charge is 0.146 e. The molecule has 0 bridgehead atoms. The van der Waals surface area contributed by atoms with E-state index in [9.17, 15) is 9.59 Å². The van der Waals surface area contributed by atoms with Crippen molar-refractivity contribution < 1.29 is 9.59 Å². The van der Waals surface area contributed by atoms with Crippen molar-refractivity contribution in [2.75, 3.05) is 0 Å². The van der Waals surface area contributed by atoms with Crippen LogP contribution in [-0.2, 0) is 9.59 Å². The summed E-state index contributed by atoms with van der Waals surface area (Å²) in [6.45, 7) is 2.47. The summed E-state index contributed by atoms with van der Waals surface area (Å²) in [7, 11) is 0. The van der Waals surface area contributed by atoms with Gasteiger partial charge in [0.2, 0.25) is 0 Å². The van der Waals surface area contributed by atoms with E-state index in [2.05, 4.69) is 13.0 Å². The highest BCUT2D eigenvalue weighted by molar-refractivity contribution is 6.00. The van der Waals surface area contributed by atoms with Crippen LogP contribution in [0.3, 0.4) is 0 Å². The summed E-state index contributed by atoms with van der Waals surface area (Å²) in [5, 5.41) is 0. The molecule has 0 amide bonds. The van der Waals surface area contributed by atoms with Crippen LogP contribution in [-0.4, -0.2) is 12.1 Å². The van der Waals surface area contributed by atoms with Crippen LogP contribution in [0.4, 0.5) is 0 Å². The zero-order valence-corrected chi connectivity index (χ0v) is 13.1. The van der Waals surface area contributed by atoms with Crippen LogP contribution in [0.25, 0.3) is 0 Å². The number of Topliss-reactive ketones (excluding diaryl/α,β-unsaturated/α-hetero) is 1. The highest BCUT2D eigenvalue weighted by Crippen LogP contribution is 2.64. The topological polar surface area (TPSA) is 34.1 Å². The van der Waals surface area contributed by atoms with Crippen molar-refractivity contribution in [1.82, 2.24) is 0 Å². The van der Waals surface area contributed by atoms with Crippen molar-refractivity contribution in [2.45, 2.75) is 64.7 Å². The van der Waals surface area contributed by atoms with E-state index in [0.717, 1.165) is 25.5 Å². The van der Waals surface area contributed by atoms with Crippen LogP contribution < -0.4 is 0 Å². The molecular formula is C19H26O2. The molecule has 4 aliphatic rings. The molecule has 0 aromatic carbocycles. The highest BCUT2D eigenvalue weighted by Gasteiger charge is 2.60. The maximum absolute atomic E-state index is 12.4. The second-order valence-corrected chi connectivity index (χ2v) is 8.11. The minimum absolute atomic E-state index is 0.246. The lowest BCUT2D eigenvalue weighted by Gasteiger charge is -2.56. The van der Waals surface area contributed by atoms with Crippen molar-refractivity contribution in [3.8, 4) is 0 Å². The molecular weight excluding hydrogens is 260 g/mol. The zero-order valence-electron chi connectivity index (χ0n) is 13.1. The number of carbonyl (C=O) groups is 2. The van der Waals surface area contributed by atoms with E-state index in [0.29, 0.717) is 29.6 Å². The lowest BCUT2D eigenvalue weighted by molar-refractivity contribution is -0.141. The van der Waals surface area contributed by atoms with Crippen molar-refractivity contribution in [3.63, 3.8) is 0 Å². The van der Waals surface area contributed by atoms with Gasteiger partial charge in [0.15, 0.2) is 0 Å². The fourth-order valence-corrected chi connectivity index (χ4v) is 6.47. The predicted octanol–water partition coefficient (Wildman–Crippen LogP) is 4.09. The quantitative estimate of drug-likeness (QED) is 0.413. The number of carbonyl (C=O) groups excluding carboxylic acids is 2. The molecule has 2 heteroatoms. The van der Waals surface area contributed by atoms with Crippen molar-refractivity contribution in [1.29, 1.82) is 0 Å². The molecule has 0 aliphatic heterocycles. The molecule has 4 rings (SSSR count). The summed E-state index contributed by atoms with van der Waals surface area (Å²) in [5.41, 5.74) is 1.47. The van der Waals surface area contributed by atoms with Crippen molar-refractivity contribution in [2.24, 2.45) is 28.6 Å². The summed E-state index contributed by atoms with van der Waals surface area (Å²) in [6.07, 6.45) is 13.3. The Balaban J connectivity index is 1.72. The molecule has 21 heavy (non-hydrogen) atoms. The number of hydrogen-bond donors (Lipinski definition) is 0. The van der Waals surface area contributed by atoms with Gasteiger partial charge in [0, 0.05) is 6.42 Å². The van der Waals surface area contributed by atoms with Crippen molar-refractivity contribution in [3.05, 3.63) is 11.6 Å². The van der Waals surface area contributed by atoms with Crippen LogP contribution in [0, 0.1) is 28.6 Å². The lowest BCUT2D eigenvalue weighted by Crippen LogP contribution is -2.51. The summed E-state index contributed by atoms with van der Waals surface area (Å²) in [5.74, 6) is 1.91. The number of allylic oxidation sites excluding steroid dienone is 2. The third-order valence-corrected chi connectivity index (χ3v) is 7.57. The van der Waals surface area contributed by atoms with E-state index in [4.69, 9.17) is 0 Å². The Labute approximate surface area is 127 Å². The molecule has 3 fully saturated rings. The van der Waals surface area contributed by atoms with E-state index in [1.165, 1.54) is 32.1 Å². The fraction of sp³-hybridized carbons (Fsp3) is 0.789. The van der Waals surface area contributed by atoms with Gasteiger partial charge in [-0.25, -0.2) is 0 Å². The summed E-state index contributed by atoms with van der Waals surface area (Å²) in [4.78, 5) is 24.1. The van der Waals surface area contributed by atoms with Gasteiger partial charge in [0.25, 0.3) is 0 Å². The molecule has 114 valence electrons. The van der Waals surface area contributed by atoms with Gasteiger partial charge in [-0.2, -0.15) is 0 Å². The first-order valence-corrected chi connectivity index (χ1v) is 8.81. The first-order valence-electron chi connectivity index (χ1n) is 8.81. The fourth-order valence-electron chi connectivity index (χ4n) is 6.47. The molecule has 0 heterocycles. The van der Waals surface area contributed by atoms with E-state index >= 15 is 0 Å². The lowest BCUT2D eigenvalue weighted by atomic mass is 9.47. The molecule has 0 aromatic rings. The number of fused-ring (bicyclic) bond motifs is 5. The first kappa shape index (κ1) is 13.7. The molecule has 4 aliphatic carbocycles. The van der Waals surface area contributed by atoms with Gasteiger partial charge in [0.05, 0.1) is 5.41 Å². The first-order chi connectivity index (χ1) is 10.1. The second-order valence-electron chi connectivity index (χ2n) is 8.11. The Kier molecular flexibility index (Phi) is 2.96. The molecule has 0 radical (unpaired) electrons. The number of ketones is 1. The second kappa shape index (κ2) is 4.54. The van der Waals surface area contributed by atoms with E-state index in [1.807, 2.05) is 0 Å². The van der Waals surface area contributed by atoms with Gasteiger partial charge in [-0.15, -0.1) is 0 Å². The Bertz CT molecular complexity index is 520. The predicted molar refractivity (Wildman–Crippen MR) is 81.7 cm³/mol. The summed E-state index contributed by atoms with van der Waals surface area (Å²) >= 11 is 0. The third kappa shape index (κ3) is 1.65. The number of hydrogen-bond acceptors (Lipinski definition) is 2. The number of rotatable bonds is 1. The van der Waals surface area contributed by atoms with E-state index in [-0.39, 0.29) is 5.78 Å². The average Bonchev–Trinajstić information content (AvgIpc) is 2.84. The standard InChI is InChI=1S/C19H26O2/c1-18-10-3-2-4-13(18)5-6-14-15(18)9-11-19(12-20)16(14)7-8-17(19)21/h4,12,14-16H,2-3,5-11H2,1H3/t14-,15+,16+,18+,19-/m1/s1. The molecule has 0 unspecified atom stereocenters. The Morgan fingerprint density at radius 2 is 2.00 bits per heavy atom. The van der Waals surface area contributed by atoms with Gasteiger partial charge < -0.3 is 4.79 Å². The molecule has 0 aromatic heterocycles. The number of aldehydes is 1. The molecule has 3 saturated carbocycles. The molecule has 5 atom stereocenters. The van der Waals surface area contributed by atoms with E-state index in [1.54, 1.807) is 5.57 Å². The average molecular weight is 286 g/mol. The van der Waals surface area contributed by atoms with Crippen LogP contribution in [0.2, 0.25) is 0 Å². The van der Waals surface area contributed by atoms with Gasteiger partial charge in [-0.1, -0.05) is 18.6 Å². The molecule has 2 nitrogen and oxygen atoms in total. The third-order valence-electron chi connectivity index (χ3n) is 7.57. The SMILES string of the molecule is C[C@]12CCCC=C1CC[C@@H]1[C@@H]2CC[C@]2(C=O)C(=O)CC[C@@H]12. The largest absolute Gasteiger partial charge is 0.302 e. The van der Waals surface area contributed by atoms with Gasteiger partial charge in [0.1, 0.15) is 12.1 Å². The summed E-state index contributed by atoms with van der Waals surface area (Å²) in [6, 6.07) is 0. The van der Waals surface area contributed by atoms with Crippen molar-refractivity contribution >= 4 is 12.1 Å². The molecule has 0 spiro atoms. The maximum atomic E-state index is 12.4. The van der Waals surface area contributed by atoms with Crippen LogP contribution in [0.5, 0.6) is 0 Å². The Hall–Kier alpha value is -0.920. The highest BCUT2D eigenvalue weighted by atomic mass is 16.1. The zero-order chi connectivity index (χ0) is 14.7. The monoisotopic (exact) mass is 286 g/mol. The Morgan fingerprint density at radius 1 is 1.14 bits per heavy atom. The van der Waals surface area contributed by atoms with Gasteiger partial charge in [-0.05, 0) is 74.5 Å².